The maximum absolute atomic E-state index is 12.0. The lowest BCUT2D eigenvalue weighted by molar-refractivity contribution is -0.116. The van der Waals surface area contributed by atoms with Crippen LogP contribution in [0.25, 0.3) is 0 Å². The maximum atomic E-state index is 12.0. The van der Waals surface area contributed by atoms with Crippen LogP contribution in [0.1, 0.15) is 23.7 Å². The van der Waals surface area contributed by atoms with E-state index in [4.69, 9.17) is 5.73 Å². The van der Waals surface area contributed by atoms with Gasteiger partial charge in [0, 0.05) is 29.0 Å². The van der Waals surface area contributed by atoms with Gasteiger partial charge in [0.15, 0.2) is 0 Å². The van der Waals surface area contributed by atoms with Gasteiger partial charge in [0.2, 0.25) is 17.7 Å². The zero-order chi connectivity index (χ0) is 18.2. The zero-order valence-corrected chi connectivity index (χ0v) is 13.8. The molecule has 0 spiro atoms. The van der Waals surface area contributed by atoms with Crippen LogP contribution in [0.2, 0.25) is 0 Å². The molecule has 0 unspecified atom stereocenters. The van der Waals surface area contributed by atoms with Crippen molar-refractivity contribution in [3.05, 3.63) is 54.1 Å². The Morgan fingerprint density at radius 2 is 1.52 bits per heavy atom. The van der Waals surface area contributed by atoms with Crippen molar-refractivity contribution in [1.82, 2.24) is 0 Å². The number of hydrogen-bond donors (Lipinski definition) is 4. The van der Waals surface area contributed by atoms with Gasteiger partial charge in [-0.05, 0) is 42.5 Å². The van der Waals surface area contributed by atoms with E-state index in [1.165, 1.54) is 6.07 Å². The van der Waals surface area contributed by atoms with Crippen LogP contribution in [-0.4, -0.2) is 24.3 Å². The van der Waals surface area contributed by atoms with E-state index >= 15 is 0 Å². The summed E-state index contributed by atoms with van der Waals surface area (Å²) < 4.78 is 0. The monoisotopic (exact) mass is 340 g/mol. The summed E-state index contributed by atoms with van der Waals surface area (Å²) in [5.74, 6) is -0.868. The minimum Gasteiger partial charge on any atom is -0.376 e. The molecule has 2 rings (SSSR count). The number of carbonyl (C=O) groups is 3. The summed E-state index contributed by atoms with van der Waals surface area (Å²) in [5, 5.41) is 8.41. The van der Waals surface area contributed by atoms with E-state index in [1.54, 1.807) is 49.4 Å². The average Bonchev–Trinajstić information content (AvgIpc) is 2.61. The lowest BCUT2D eigenvalue weighted by Gasteiger charge is -2.09. The number of amides is 3. The van der Waals surface area contributed by atoms with Gasteiger partial charge < -0.3 is 21.7 Å². The van der Waals surface area contributed by atoms with Gasteiger partial charge in [-0.25, -0.2) is 0 Å². The number of benzene rings is 2. The Bertz CT molecular complexity index is 772. The fourth-order valence-corrected chi connectivity index (χ4v) is 2.06. The van der Waals surface area contributed by atoms with Crippen molar-refractivity contribution in [2.45, 2.75) is 13.3 Å². The molecule has 0 bridgehead atoms. The van der Waals surface area contributed by atoms with E-state index in [1.807, 2.05) is 0 Å². The molecule has 0 aliphatic rings. The predicted octanol–water partition coefficient (Wildman–Crippen LogP) is 2.18. The minimum absolute atomic E-state index is 0.0570. The standard InChI is InChI=1S/C18H20N4O3/c1-2-16(23)21-14-8-6-13(7-9-14)20-11-17(24)22-15-5-3-4-12(10-15)18(19)25/h3-10,20H,2,11H2,1H3,(H2,19,25)(H,21,23)(H,22,24). The molecule has 2 aromatic carbocycles. The molecule has 7 heteroatoms. The third kappa shape index (κ3) is 5.65. The summed E-state index contributed by atoms with van der Waals surface area (Å²) in [6, 6.07) is 13.5. The molecule has 0 aliphatic carbocycles. The first-order valence-corrected chi connectivity index (χ1v) is 7.81. The number of hydrogen-bond acceptors (Lipinski definition) is 4. The normalized spacial score (nSPS) is 9.96. The topological polar surface area (TPSA) is 113 Å². The molecular formula is C18H20N4O3. The molecule has 5 N–H and O–H groups in total. The quantitative estimate of drug-likeness (QED) is 0.618. The number of nitrogens with one attached hydrogen (secondary N) is 3. The lowest BCUT2D eigenvalue weighted by Crippen LogP contribution is -2.22. The lowest BCUT2D eigenvalue weighted by atomic mass is 10.2. The van der Waals surface area contributed by atoms with Crippen molar-refractivity contribution >= 4 is 34.8 Å². The van der Waals surface area contributed by atoms with E-state index in [-0.39, 0.29) is 18.4 Å². The number of carbonyl (C=O) groups excluding carboxylic acids is 3. The third-order valence-electron chi connectivity index (χ3n) is 3.37. The fraction of sp³-hybridized carbons (Fsp3) is 0.167. The van der Waals surface area contributed by atoms with Crippen molar-refractivity contribution in [3.8, 4) is 0 Å². The van der Waals surface area contributed by atoms with E-state index in [9.17, 15) is 14.4 Å². The van der Waals surface area contributed by atoms with Crippen molar-refractivity contribution in [2.24, 2.45) is 5.73 Å². The highest BCUT2D eigenvalue weighted by Crippen LogP contribution is 2.14. The molecular weight excluding hydrogens is 320 g/mol. The van der Waals surface area contributed by atoms with Crippen LogP contribution in [0.15, 0.2) is 48.5 Å². The maximum Gasteiger partial charge on any atom is 0.248 e. The molecule has 0 aliphatic heterocycles. The van der Waals surface area contributed by atoms with Crippen molar-refractivity contribution in [2.75, 3.05) is 22.5 Å². The molecule has 0 aromatic heterocycles. The number of anilines is 3. The molecule has 0 fully saturated rings. The molecule has 0 saturated heterocycles. The molecule has 25 heavy (non-hydrogen) atoms. The van der Waals surface area contributed by atoms with E-state index < -0.39 is 5.91 Å². The van der Waals surface area contributed by atoms with Gasteiger partial charge in [-0.3, -0.25) is 14.4 Å². The Balaban J connectivity index is 1.86. The number of rotatable bonds is 7. The molecule has 3 amide bonds. The Morgan fingerprint density at radius 1 is 0.880 bits per heavy atom. The smallest absolute Gasteiger partial charge is 0.248 e. The second kappa shape index (κ2) is 8.49. The highest BCUT2D eigenvalue weighted by Gasteiger charge is 2.05. The molecule has 130 valence electrons. The second-order valence-corrected chi connectivity index (χ2v) is 5.33. The van der Waals surface area contributed by atoms with Crippen LogP contribution < -0.4 is 21.7 Å². The van der Waals surface area contributed by atoms with E-state index in [0.29, 0.717) is 23.4 Å². The van der Waals surface area contributed by atoms with Crippen LogP contribution in [0.5, 0.6) is 0 Å². The SMILES string of the molecule is CCC(=O)Nc1ccc(NCC(=O)Nc2cccc(C(N)=O)c2)cc1. The Labute approximate surface area is 145 Å². The van der Waals surface area contributed by atoms with E-state index in [0.717, 1.165) is 5.69 Å². The van der Waals surface area contributed by atoms with Gasteiger partial charge in [0.1, 0.15) is 0 Å². The summed E-state index contributed by atoms with van der Waals surface area (Å²) >= 11 is 0. The van der Waals surface area contributed by atoms with Crippen LogP contribution in [0, 0.1) is 0 Å². The Kier molecular flexibility index (Phi) is 6.11. The minimum atomic E-state index is -0.551. The molecule has 7 nitrogen and oxygen atoms in total. The average molecular weight is 340 g/mol. The molecule has 0 atom stereocenters. The molecule has 0 saturated carbocycles. The van der Waals surface area contributed by atoms with Gasteiger partial charge in [-0.2, -0.15) is 0 Å². The Morgan fingerprint density at radius 3 is 2.16 bits per heavy atom. The summed E-state index contributed by atoms with van der Waals surface area (Å²) in [4.78, 5) is 34.4. The third-order valence-corrected chi connectivity index (χ3v) is 3.37. The highest BCUT2D eigenvalue weighted by molar-refractivity contribution is 5.97. The van der Waals surface area contributed by atoms with Crippen molar-refractivity contribution < 1.29 is 14.4 Å². The Hall–Kier alpha value is -3.35. The summed E-state index contributed by atoms with van der Waals surface area (Å²) in [7, 11) is 0. The van der Waals surface area contributed by atoms with Crippen LogP contribution in [0.4, 0.5) is 17.1 Å². The van der Waals surface area contributed by atoms with Gasteiger partial charge in [-0.15, -0.1) is 0 Å². The summed E-state index contributed by atoms with van der Waals surface area (Å²) in [5.41, 5.74) is 7.48. The first kappa shape index (κ1) is 18.0. The molecule has 0 heterocycles. The summed E-state index contributed by atoms with van der Waals surface area (Å²) in [6.45, 7) is 1.84. The first-order valence-electron chi connectivity index (χ1n) is 7.81. The number of nitrogens with two attached hydrogens (primary N) is 1. The highest BCUT2D eigenvalue weighted by atomic mass is 16.2. The van der Waals surface area contributed by atoms with Crippen LogP contribution >= 0.6 is 0 Å². The van der Waals surface area contributed by atoms with Crippen LogP contribution in [0.3, 0.4) is 0 Å². The first-order chi connectivity index (χ1) is 12.0. The summed E-state index contributed by atoms with van der Waals surface area (Å²) in [6.07, 6.45) is 0.414. The zero-order valence-electron chi connectivity index (χ0n) is 13.8. The molecule has 2 aromatic rings. The predicted molar refractivity (Wildman–Crippen MR) is 97.4 cm³/mol. The van der Waals surface area contributed by atoms with Gasteiger partial charge in [0.25, 0.3) is 0 Å². The van der Waals surface area contributed by atoms with Crippen LogP contribution in [-0.2, 0) is 9.59 Å². The van der Waals surface area contributed by atoms with Crippen molar-refractivity contribution in [3.63, 3.8) is 0 Å². The van der Waals surface area contributed by atoms with Gasteiger partial charge in [-0.1, -0.05) is 13.0 Å². The molecule has 0 radical (unpaired) electrons. The largest absolute Gasteiger partial charge is 0.376 e. The van der Waals surface area contributed by atoms with E-state index in [2.05, 4.69) is 16.0 Å². The van der Waals surface area contributed by atoms with Crippen molar-refractivity contribution in [1.29, 1.82) is 0 Å². The van der Waals surface area contributed by atoms with Gasteiger partial charge >= 0.3 is 0 Å². The number of primary amides is 1. The fourth-order valence-electron chi connectivity index (χ4n) is 2.06. The van der Waals surface area contributed by atoms with Gasteiger partial charge in [0.05, 0.1) is 6.54 Å². The second-order valence-electron chi connectivity index (χ2n) is 5.33.